The van der Waals surface area contributed by atoms with Crippen LogP contribution in [0.3, 0.4) is 0 Å². The molecule has 0 radical (unpaired) electrons. The molecule has 22 heavy (non-hydrogen) atoms. The van der Waals surface area contributed by atoms with Gasteiger partial charge in [-0.25, -0.2) is 0 Å². The lowest BCUT2D eigenvalue weighted by Gasteiger charge is -2.07. The smallest absolute Gasteiger partial charge is 0.119 e. The molecule has 0 atom stereocenters. The van der Waals surface area contributed by atoms with Crippen LogP contribution in [0.4, 0.5) is 0 Å². The molecular weight excluding hydrogens is 268 g/mol. The Kier molecular flexibility index (Phi) is 9.37. The minimum atomic E-state index is 0.673. The lowest BCUT2D eigenvalue weighted by molar-refractivity contribution is 0.361. The van der Waals surface area contributed by atoms with E-state index in [2.05, 4.69) is 64.1 Å². The van der Waals surface area contributed by atoms with E-state index in [0.717, 1.165) is 31.4 Å². The van der Waals surface area contributed by atoms with Gasteiger partial charge >= 0.3 is 0 Å². The molecule has 1 rings (SSSR count). The van der Waals surface area contributed by atoms with Crippen LogP contribution in [0.1, 0.15) is 65.4 Å². The van der Waals surface area contributed by atoms with E-state index in [1.54, 1.807) is 5.57 Å². The summed E-state index contributed by atoms with van der Waals surface area (Å²) in [5, 5.41) is 0. The van der Waals surface area contributed by atoms with Crippen molar-refractivity contribution in [3.63, 3.8) is 0 Å². The largest absolute Gasteiger partial charge is 0.490 e. The summed E-state index contributed by atoms with van der Waals surface area (Å²) in [7, 11) is 0. The molecule has 0 amide bonds. The van der Waals surface area contributed by atoms with Crippen molar-refractivity contribution in [2.24, 2.45) is 0 Å². The number of allylic oxidation sites excluding steroid dienone is 3. The summed E-state index contributed by atoms with van der Waals surface area (Å²) in [5.74, 6) is 0.961. The number of hydrogen-bond donors (Lipinski definition) is 0. The molecule has 1 aromatic rings. The van der Waals surface area contributed by atoms with Crippen molar-refractivity contribution in [3.8, 4) is 5.75 Å². The van der Waals surface area contributed by atoms with Crippen LogP contribution in [-0.2, 0) is 6.42 Å². The van der Waals surface area contributed by atoms with Gasteiger partial charge in [0.1, 0.15) is 12.4 Å². The summed E-state index contributed by atoms with van der Waals surface area (Å²) in [6.07, 6.45) is 11.5. The fourth-order valence-corrected chi connectivity index (χ4v) is 2.50. The SMILES string of the molecule is CCC(=CCCC(=CCOc1ccc(CC)cc1)CC)CC. The third-order valence-electron chi connectivity index (χ3n) is 4.21. The molecule has 1 nitrogen and oxygen atoms in total. The average Bonchev–Trinajstić information content (AvgIpc) is 2.57. The van der Waals surface area contributed by atoms with Crippen LogP contribution < -0.4 is 4.74 Å². The minimum absolute atomic E-state index is 0.673. The quantitative estimate of drug-likeness (QED) is 0.449. The van der Waals surface area contributed by atoms with Gasteiger partial charge in [0.25, 0.3) is 0 Å². The van der Waals surface area contributed by atoms with Crippen molar-refractivity contribution in [1.82, 2.24) is 0 Å². The summed E-state index contributed by atoms with van der Waals surface area (Å²) < 4.78 is 5.82. The molecule has 122 valence electrons. The Morgan fingerprint density at radius 1 is 0.864 bits per heavy atom. The molecular formula is C21H32O. The van der Waals surface area contributed by atoms with Crippen LogP contribution in [0, 0.1) is 0 Å². The Balaban J connectivity index is 2.42. The lowest BCUT2D eigenvalue weighted by atomic mass is 10.0. The van der Waals surface area contributed by atoms with Gasteiger partial charge < -0.3 is 4.74 Å². The predicted octanol–water partition coefficient (Wildman–Crippen LogP) is 6.49. The highest BCUT2D eigenvalue weighted by atomic mass is 16.5. The monoisotopic (exact) mass is 300 g/mol. The number of rotatable bonds is 10. The molecule has 0 aliphatic heterocycles. The normalized spacial score (nSPS) is 11.4. The second-order valence-electron chi connectivity index (χ2n) is 5.63. The van der Waals surface area contributed by atoms with Crippen molar-refractivity contribution in [2.75, 3.05) is 6.61 Å². The topological polar surface area (TPSA) is 9.23 Å². The molecule has 1 heteroatoms. The Morgan fingerprint density at radius 2 is 1.50 bits per heavy atom. The zero-order chi connectivity index (χ0) is 16.2. The van der Waals surface area contributed by atoms with Crippen molar-refractivity contribution in [2.45, 2.75) is 66.2 Å². The van der Waals surface area contributed by atoms with E-state index in [-0.39, 0.29) is 0 Å². The molecule has 0 N–H and O–H groups in total. The van der Waals surface area contributed by atoms with Gasteiger partial charge in [0.15, 0.2) is 0 Å². The third-order valence-corrected chi connectivity index (χ3v) is 4.21. The van der Waals surface area contributed by atoms with Crippen molar-refractivity contribution in [3.05, 3.63) is 53.1 Å². The van der Waals surface area contributed by atoms with Crippen LogP contribution in [0.2, 0.25) is 0 Å². The van der Waals surface area contributed by atoms with Crippen LogP contribution >= 0.6 is 0 Å². The zero-order valence-corrected chi connectivity index (χ0v) is 14.8. The Bertz CT molecular complexity index is 459. The average molecular weight is 300 g/mol. The molecule has 1 aromatic carbocycles. The van der Waals surface area contributed by atoms with Gasteiger partial charge in [0.05, 0.1) is 0 Å². The van der Waals surface area contributed by atoms with Crippen molar-refractivity contribution >= 4 is 0 Å². The first-order valence-electron chi connectivity index (χ1n) is 8.80. The maximum atomic E-state index is 5.82. The molecule has 0 aromatic heterocycles. The molecule has 0 aliphatic carbocycles. The van der Waals surface area contributed by atoms with Gasteiger partial charge in [-0.3, -0.25) is 0 Å². The van der Waals surface area contributed by atoms with E-state index in [9.17, 15) is 0 Å². The number of hydrogen-bond acceptors (Lipinski definition) is 1. The molecule has 0 saturated carbocycles. The first-order chi connectivity index (χ1) is 10.7. The van der Waals surface area contributed by atoms with Gasteiger partial charge in [-0.2, -0.15) is 0 Å². The summed E-state index contributed by atoms with van der Waals surface area (Å²) in [6, 6.07) is 8.41. The molecule has 0 saturated heterocycles. The molecule has 0 fully saturated rings. The second kappa shape index (κ2) is 11.1. The van der Waals surface area contributed by atoms with Crippen LogP contribution in [0.25, 0.3) is 0 Å². The van der Waals surface area contributed by atoms with Gasteiger partial charge in [0, 0.05) is 0 Å². The van der Waals surface area contributed by atoms with E-state index in [1.165, 1.54) is 24.0 Å². The second-order valence-corrected chi connectivity index (χ2v) is 5.63. The Labute approximate surface area is 137 Å². The van der Waals surface area contributed by atoms with E-state index in [4.69, 9.17) is 4.74 Å². The number of ether oxygens (including phenoxy) is 1. The van der Waals surface area contributed by atoms with Crippen molar-refractivity contribution in [1.29, 1.82) is 0 Å². The maximum Gasteiger partial charge on any atom is 0.119 e. The van der Waals surface area contributed by atoms with E-state index in [1.807, 2.05) is 0 Å². The van der Waals surface area contributed by atoms with Crippen LogP contribution in [0.15, 0.2) is 47.6 Å². The van der Waals surface area contributed by atoms with Crippen LogP contribution in [-0.4, -0.2) is 6.61 Å². The lowest BCUT2D eigenvalue weighted by Crippen LogP contribution is -1.96. The fourth-order valence-electron chi connectivity index (χ4n) is 2.50. The van der Waals surface area contributed by atoms with E-state index in [0.29, 0.717) is 6.61 Å². The molecule has 0 heterocycles. The van der Waals surface area contributed by atoms with Gasteiger partial charge in [-0.05, 0) is 62.3 Å². The van der Waals surface area contributed by atoms with Crippen LogP contribution in [0.5, 0.6) is 5.75 Å². The highest BCUT2D eigenvalue weighted by Crippen LogP contribution is 2.15. The first-order valence-corrected chi connectivity index (χ1v) is 8.80. The minimum Gasteiger partial charge on any atom is -0.490 e. The highest BCUT2D eigenvalue weighted by Gasteiger charge is 1.97. The summed E-state index contributed by atoms with van der Waals surface area (Å²) in [5.41, 5.74) is 4.42. The van der Waals surface area contributed by atoms with Gasteiger partial charge in [-0.1, -0.05) is 57.0 Å². The first kappa shape index (κ1) is 18.5. The van der Waals surface area contributed by atoms with E-state index >= 15 is 0 Å². The van der Waals surface area contributed by atoms with E-state index < -0.39 is 0 Å². The molecule has 0 aliphatic rings. The molecule has 0 unspecified atom stereocenters. The summed E-state index contributed by atoms with van der Waals surface area (Å²) in [6.45, 7) is 9.55. The Morgan fingerprint density at radius 3 is 2.05 bits per heavy atom. The number of benzene rings is 1. The molecule has 0 spiro atoms. The Hall–Kier alpha value is -1.50. The highest BCUT2D eigenvalue weighted by molar-refractivity contribution is 5.27. The zero-order valence-electron chi connectivity index (χ0n) is 14.8. The van der Waals surface area contributed by atoms with Gasteiger partial charge in [0.2, 0.25) is 0 Å². The predicted molar refractivity (Wildman–Crippen MR) is 97.6 cm³/mol. The van der Waals surface area contributed by atoms with Crippen molar-refractivity contribution < 1.29 is 4.74 Å². The molecule has 0 bridgehead atoms. The maximum absolute atomic E-state index is 5.82. The third kappa shape index (κ3) is 6.98. The standard InChI is InChI=1S/C21H32O/c1-5-18(6-2)10-9-11-19(7-3)16-17-22-21-14-12-20(8-4)13-15-21/h10,12-16H,5-9,11,17H2,1-4H3. The summed E-state index contributed by atoms with van der Waals surface area (Å²) >= 11 is 0. The fraction of sp³-hybridized carbons (Fsp3) is 0.524. The number of aryl methyl sites for hydroxylation is 1. The summed E-state index contributed by atoms with van der Waals surface area (Å²) in [4.78, 5) is 0. The van der Waals surface area contributed by atoms with Gasteiger partial charge in [-0.15, -0.1) is 0 Å².